The Labute approximate surface area is 748 Å². The van der Waals surface area contributed by atoms with E-state index in [2.05, 4.69) is 375 Å². The minimum absolute atomic E-state index is 0.138. The van der Waals surface area contributed by atoms with Crippen molar-refractivity contribution in [3.63, 3.8) is 0 Å². The van der Waals surface area contributed by atoms with E-state index in [1.807, 2.05) is 53.1 Å². The second-order valence-electron chi connectivity index (χ2n) is 38.5. The molecule has 0 spiro atoms. The average Bonchev–Trinajstić information content (AvgIpc) is 1.07. The van der Waals surface area contributed by atoms with Crippen LogP contribution in [-0.4, -0.2) is 32.5 Å². The van der Waals surface area contributed by atoms with Gasteiger partial charge in [-0.15, -0.1) is 0 Å². The number of para-hydroxylation sites is 2. The Bertz CT molecular complexity index is 7820. The third-order valence-electron chi connectivity index (χ3n) is 26.5. The monoisotopic (exact) mass is 1620 g/mol. The number of nitrogens with zero attached hydrogens (tertiary/aromatic N) is 6. The molecular formula is C118H103BN6. The molecule has 15 aromatic carbocycles. The molecule has 0 amide bonds. The smallest absolute Gasteiger partial charge is 0.247 e. The minimum atomic E-state index is -1.44. The molecule has 0 bridgehead atoms. The highest BCUT2D eigenvalue weighted by Crippen LogP contribution is 2.54. The van der Waals surface area contributed by atoms with Crippen LogP contribution in [0.5, 0.6) is 0 Å². The molecule has 3 unspecified atom stereocenters. The molecule has 2 aliphatic carbocycles. The molecule has 22 rings (SSSR count). The van der Waals surface area contributed by atoms with E-state index in [4.69, 9.17) is 4.11 Å². The molecule has 3 aromatic heterocycles. The SMILES string of the molecule is [2H]C1=C([2H])C([2H])C(N(c2ccccc2)c2ccc3c(c2)c2c([2H])c([2H])c([2H])c([2H])c2n3-c2ccc3c(c2)N(c2cc(-c4ccccc4)cc(-c4ccccc4)c2)C2CC(n4c5ccc(C(C)(C)C)cc5c5cc(C(C)(C)C)ccc54)=CC4=C2B3c2ccc(-n3c5ccc(C(C)(C)C)cc5c5cc(C(C)(C)C)ccc53)cc2N4c2cc(-c3ccccc3)cc(-c3ccccc3)c2)C([2H])=C1[2H]. The van der Waals surface area contributed by atoms with Gasteiger partial charge in [-0.1, -0.05) is 301 Å². The lowest BCUT2D eigenvalue weighted by atomic mass is 9.31. The quantitative estimate of drug-likeness (QED) is 0.114. The van der Waals surface area contributed by atoms with Gasteiger partial charge in [0.1, 0.15) is 0 Å². The van der Waals surface area contributed by atoms with Crippen LogP contribution in [0.3, 0.4) is 0 Å². The van der Waals surface area contributed by atoms with E-state index in [9.17, 15) is 8.22 Å². The van der Waals surface area contributed by atoms with Crippen molar-refractivity contribution in [3.8, 4) is 55.9 Å². The Hall–Kier alpha value is -13.9. The highest BCUT2D eigenvalue weighted by molar-refractivity contribution is 6.94. The molecule has 0 radical (unpaired) electrons. The van der Waals surface area contributed by atoms with Crippen molar-refractivity contribution in [1.29, 1.82) is 0 Å². The first-order chi connectivity index (χ1) is 64.2. The first kappa shape index (κ1) is 67.7. The van der Waals surface area contributed by atoms with Crippen molar-refractivity contribution in [2.45, 2.75) is 130 Å². The maximum Gasteiger partial charge on any atom is 0.247 e. The zero-order valence-corrected chi connectivity index (χ0v) is 72.8. The van der Waals surface area contributed by atoms with Crippen LogP contribution in [0.4, 0.5) is 34.1 Å². The van der Waals surface area contributed by atoms with Crippen LogP contribution >= 0.6 is 0 Å². The number of hydrogen-bond acceptors (Lipinski definition) is 3. The molecule has 6 nitrogen and oxygen atoms in total. The van der Waals surface area contributed by atoms with Gasteiger partial charge in [-0.2, -0.15) is 0 Å². The van der Waals surface area contributed by atoms with Gasteiger partial charge in [0.05, 0.1) is 56.1 Å². The third kappa shape index (κ3) is 13.2. The summed E-state index contributed by atoms with van der Waals surface area (Å²) >= 11 is 0. The van der Waals surface area contributed by atoms with Crippen molar-refractivity contribution in [1.82, 2.24) is 13.7 Å². The Morgan fingerprint density at radius 1 is 0.344 bits per heavy atom. The lowest BCUT2D eigenvalue weighted by Crippen LogP contribution is -2.61. The molecule has 3 atom stereocenters. The van der Waals surface area contributed by atoms with Crippen molar-refractivity contribution in [2.75, 3.05) is 14.7 Å². The molecule has 4 aliphatic rings. The van der Waals surface area contributed by atoms with E-state index in [1.165, 1.54) is 49.3 Å². The summed E-state index contributed by atoms with van der Waals surface area (Å²) in [5, 5.41) is 5.47. The number of hydrogen-bond donors (Lipinski definition) is 0. The van der Waals surface area contributed by atoms with Gasteiger partial charge in [0, 0.05) is 97.0 Å². The maximum atomic E-state index is 10.3. The van der Waals surface area contributed by atoms with Gasteiger partial charge in [-0.05, 0) is 263 Å². The largest absolute Gasteiger partial charge is 0.335 e. The second-order valence-corrected chi connectivity index (χ2v) is 38.5. The predicted octanol–water partition coefficient (Wildman–Crippen LogP) is 29.9. The summed E-state index contributed by atoms with van der Waals surface area (Å²) in [4.78, 5) is 7.01. The molecule has 0 fully saturated rings. The van der Waals surface area contributed by atoms with E-state index in [-0.39, 0.29) is 56.8 Å². The van der Waals surface area contributed by atoms with Gasteiger partial charge in [0.2, 0.25) is 6.71 Å². The van der Waals surface area contributed by atoms with E-state index in [0.717, 1.165) is 117 Å². The third-order valence-corrected chi connectivity index (χ3v) is 26.5. The van der Waals surface area contributed by atoms with Gasteiger partial charge in [-0.3, -0.25) is 0 Å². The number of fused-ring (bicyclic) bond motifs is 13. The van der Waals surface area contributed by atoms with Gasteiger partial charge in [0.15, 0.2) is 0 Å². The Kier molecular flexibility index (Phi) is 15.9. The van der Waals surface area contributed by atoms with Crippen molar-refractivity contribution in [2.24, 2.45) is 0 Å². The molecular weight excluding hydrogens is 1510 g/mol. The molecule has 2 aliphatic heterocycles. The molecule has 0 saturated carbocycles. The number of allylic oxidation sites excluding steroid dienone is 3. The molecule has 608 valence electrons. The lowest BCUT2D eigenvalue weighted by Gasteiger charge is -2.51. The van der Waals surface area contributed by atoms with Crippen LogP contribution in [0.25, 0.3) is 127 Å². The summed E-state index contributed by atoms with van der Waals surface area (Å²) in [5.74, 6) is 0. The number of aromatic nitrogens is 3. The van der Waals surface area contributed by atoms with Crippen LogP contribution in [0, 0.1) is 0 Å². The number of rotatable bonds is 12. The number of anilines is 6. The molecule has 18 aromatic rings. The highest BCUT2D eigenvalue weighted by atomic mass is 15.2. The number of benzene rings is 15. The Morgan fingerprint density at radius 2 is 0.752 bits per heavy atom. The van der Waals surface area contributed by atoms with E-state index in [0.29, 0.717) is 34.4 Å². The van der Waals surface area contributed by atoms with Gasteiger partial charge in [0.25, 0.3) is 0 Å². The van der Waals surface area contributed by atoms with Crippen LogP contribution in [0.1, 0.15) is 130 Å². The molecule has 5 heterocycles. The maximum absolute atomic E-state index is 10.3. The summed E-state index contributed by atoms with van der Waals surface area (Å²) in [7, 11) is 0. The summed E-state index contributed by atoms with van der Waals surface area (Å²) in [6.07, 6.45) is 1.60. The fourth-order valence-electron chi connectivity index (χ4n) is 20.1. The van der Waals surface area contributed by atoms with Crippen molar-refractivity contribution < 1.29 is 12.3 Å². The summed E-state index contributed by atoms with van der Waals surface area (Å²) in [6.45, 7) is 27.2. The fraction of sp³-hybridized carbons (Fsp3) is 0.169. The summed E-state index contributed by atoms with van der Waals surface area (Å²) < 4.78 is 92.7. The van der Waals surface area contributed by atoms with Gasteiger partial charge >= 0.3 is 0 Å². The van der Waals surface area contributed by atoms with Crippen molar-refractivity contribution in [3.05, 3.63) is 403 Å². The predicted molar refractivity (Wildman–Crippen MR) is 535 cm³/mol. The zero-order chi connectivity index (χ0) is 92.9. The van der Waals surface area contributed by atoms with Crippen LogP contribution < -0.4 is 25.6 Å². The normalized spacial score (nSPS) is 17.3. The lowest BCUT2D eigenvalue weighted by molar-refractivity contribution is 0.590. The zero-order valence-electron chi connectivity index (χ0n) is 81.8. The molecule has 0 N–H and O–H groups in total. The van der Waals surface area contributed by atoms with Crippen LogP contribution in [0.15, 0.2) is 381 Å². The molecule has 125 heavy (non-hydrogen) atoms. The van der Waals surface area contributed by atoms with E-state index in [1.54, 1.807) is 4.90 Å². The average molecular weight is 1630 g/mol. The highest BCUT2D eigenvalue weighted by Gasteiger charge is 2.50. The van der Waals surface area contributed by atoms with Gasteiger partial charge in [-0.25, -0.2) is 0 Å². The Morgan fingerprint density at radius 3 is 1.22 bits per heavy atom. The van der Waals surface area contributed by atoms with E-state index < -0.39 is 49.4 Å². The topological polar surface area (TPSA) is 24.5 Å². The second kappa shape index (κ2) is 29.4. The first-order valence-electron chi connectivity index (χ1n) is 48.5. The molecule has 0 saturated heterocycles. The minimum Gasteiger partial charge on any atom is -0.335 e. The van der Waals surface area contributed by atoms with Crippen LogP contribution in [0.2, 0.25) is 0 Å². The molecule has 7 heteroatoms. The standard InChI is InChI=1S/C118H103BN6/c1-115(2,3)84-47-56-105-97(67-84)98-68-85(116(4,5)6)48-57-106(98)122(105)92-52-55-103-111(73-92)125(94-65-82(78-37-23-15-24-38-78)62-83(66-94)79-39-25-16-26-40-79)113-75-95(123-107-58-49-86(117(7,8)9)69-99(107)100-70-87(118(10,11)12)50-59-108(100)123)74-112-114(113)119(103)102-54-51-91(72-110(102)124(112)93-63-80(76-33-19-13-20-34-76)61-81(64-93)77-35-21-14-22-36-77)121-104-46-32-31-45-96(104)101-71-90(53-60-109(101)121)120(88-41-27-17-28-42-88)89-43-29-18-30-44-89/h13-43,45-73,75,89,112H,44,74H2,1-12H3/i18D,29D,30D,31D,32D,43D,44D,45D,46D. The summed E-state index contributed by atoms with van der Waals surface area (Å²) in [6, 6.07) is 110. The first-order valence-corrected chi connectivity index (χ1v) is 43.9. The Balaban J connectivity index is 0.888. The fourth-order valence-corrected chi connectivity index (χ4v) is 20.1. The van der Waals surface area contributed by atoms with Gasteiger partial charge < -0.3 is 28.4 Å². The van der Waals surface area contributed by atoms with Crippen LogP contribution in [-0.2, 0) is 21.7 Å². The van der Waals surface area contributed by atoms with E-state index >= 15 is 0 Å². The summed E-state index contributed by atoms with van der Waals surface area (Å²) in [5.41, 5.74) is 29.9. The van der Waals surface area contributed by atoms with Crippen molar-refractivity contribution >= 4 is 123 Å².